The van der Waals surface area contributed by atoms with Crippen molar-refractivity contribution >= 4 is 5.91 Å². The number of likely N-dealkylation sites (tertiary alicyclic amines) is 1. The molecule has 3 rings (SSSR count). The Bertz CT molecular complexity index is 390. The van der Waals surface area contributed by atoms with Gasteiger partial charge in [-0.15, -0.1) is 0 Å². The van der Waals surface area contributed by atoms with Crippen LogP contribution < -0.4 is 0 Å². The number of amides is 1. The van der Waals surface area contributed by atoms with Gasteiger partial charge in [-0.3, -0.25) is 4.79 Å². The van der Waals surface area contributed by atoms with E-state index in [4.69, 9.17) is 4.42 Å². The Hall–Kier alpha value is -1.25. The van der Waals surface area contributed by atoms with Gasteiger partial charge in [0.15, 0.2) is 5.76 Å². The first-order valence-electron chi connectivity index (χ1n) is 6.62. The highest BCUT2D eigenvalue weighted by Crippen LogP contribution is 2.43. The first-order valence-corrected chi connectivity index (χ1v) is 6.62. The van der Waals surface area contributed by atoms with Crippen molar-refractivity contribution in [1.29, 1.82) is 0 Å². The number of carbonyl (C=O) groups excluding carboxylic acids is 1. The predicted octanol–water partition coefficient (Wildman–Crippen LogP) is 3.08. The molecule has 92 valence electrons. The summed E-state index contributed by atoms with van der Waals surface area (Å²) in [4.78, 5) is 14.1. The summed E-state index contributed by atoms with van der Waals surface area (Å²) in [5.41, 5.74) is 0.431. The van der Waals surface area contributed by atoms with Gasteiger partial charge in [0, 0.05) is 13.1 Å². The highest BCUT2D eigenvalue weighted by atomic mass is 16.3. The van der Waals surface area contributed by atoms with Gasteiger partial charge in [-0.2, -0.15) is 0 Å². The molecule has 1 saturated heterocycles. The molecule has 3 heteroatoms. The van der Waals surface area contributed by atoms with Crippen molar-refractivity contribution in [3.63, 3.8) is 0 Å². The van der Waals surface area contributed by atoms with E-state index in [1.165, 1.54) is 38.5 Å². The lowest BCUT2D eigenvalue weighted by molar-refractivity contribution is 0.0727. The molecule has 1 aliphatic carbocycles. The van der Waals surface area contributed by atoms with Gasteiger partial charge in [0.05, 0.1) is 6.26 Å². The molecule has 2 aliphatic rings. The molecule has 0 N–H and O–H groups in total. The molecule has 0 radical (unpaired) electrons. The zero-order chi connectivity index (χ0) is 11.7. The summed E-state index contributed by atoms with van der Waals surface area (Å²) in [5, 5.41) is 0. The Morgan fingerprint density at radius 2 is 2.06 bits per heavy atom. The summed E-state index contributed by atoms with van der Waals surface area (Å²) in [6.07, 6.45) is 9.39. The summed E-state index contributed by atoms with van der Waals surface area (Å²) in [5.74, 6) is 0.551. The summed E-state index contributed by atoms with van der Waals surface area (Å²) in [6.45, 7) is 1.84. The third kappa shape index (κ3) is 1.99. The van der Waals surface area contributed by atoms with Crippen LogP contribution in [-0.4, -0.2) is 23.9 Å². The van der Waals surface area contributed by atoms with Gasteiger partial charge in [-0.05, 0) is 36.8 Å². The number of furan rings is 1. The molecule has 1 saturated carbocycles. The van der Waals surface area contributed by atoms with E-state index in [0.717, 1.165) is 13.1 Å². The molecule has 1 aromatic rings. The molecule has 2 fully saturated rings. The molecule has 2 heterocycles. The monoisotopic (exact) mass is 233 g/mol. The minimum Gasteiger partial charge on any atom is -0.459 e. The first kappa shape index (κ1) is 10.9. The van der Waals surface area contributed by atoms with E-state index in [-0.39, 0.29) is 5.91 Å². The van der Waals surface area contributed by atoms with Gasteiger partial charge >= 0.3 is 0 Å². The van der Waals surface area contributed by atoms with Crippen LogP contribution in [0, 0.1) is 5.41 Å². The van der Waals surface area contributed by atoms with E-state index < -0.39 is 0 Å². The SMILES string of the molecule is O=C(c1ccco1)N1CCC2(CCCCC2)C1. The molecule has 1 aromatic heterocycles. The highest BCUT2D eigenvalue weighted by molar-refractivity contribution is 5.91. The maximum atomic E-state index is 12.2. The van der Waals surface area contributed by atoms with Gasteiger partial charge in [-0.1, -0.05) is 19.3 Å². The minimum atomic E-state index is 0.0671. The Labute approximate surface area is 102 Å². The molecule has 1 aliphatic heterocycles. The summed E-state index contributed by atoms with van der Waals surface area (Å²) in [7, 11) is 0. The van der Waals surface area contributed by atoms with E-state index >= 15 is 0 Å². The minimum absolute atomic E-state index is 0.0671. The van der Waals surface area contributed by atoms with Gasteiger partial charge in [0.2, 0.25) is 0 Å². The average molecular weight is 233 g/mol. The second-order valence-electron chi connectivity index (χ2n) is 5.51. The van der Waals surface area contributed by atoms with E-state index in [0.29, 0.717) is 11.2 Å². The van der Waals surface area contributed by atoms with Crippen molar-refractivity contribution < 1.29 is 9.21 Å². The summed E-state index contributed by atoms with van der Waals surface area (Å²) in [6, 6.07) is 3.54. The van der Waals surface area contributed by atoms with Crippen LogP contribution in [0.25, 0.3) is 0 Å². The average Bonchev–Trinajstić information content (AvgIpc) is 2.99. The maximum Gasteiger partial charge on any atom is 0.289 e. The standard InChI is InChI=1S/C14H19NO2/c16-13(12-5-4-10-17-12)15-9-8-14(11-15)6-2-1-3-7-14/h4-5,10H,1-3,6-9,11H2. The van der Waals surface area contributed by atoms with Crippen molar-refractivity contribution in [2.24, 2.45) is 5.41 Å². The molecule has 0 aromatic carbocycles. The van der Waals surface area contributed by atoms with E-state index in [1.807, 2.05) is 4.90 Å². The lowest BCUT2D eigenvalue weighted by Crippen LogP contribution is -2.33. The van der Waals surface area contributed by atoms with Crippen LogP contribution >= 0.6 is 0 Å². The van der Waals surface area contributed by atoms with Gasteiger partial charge in [0.1, 0.15) is 0 Å². The zero-order valence-electron chi connectivity index (χ0n) is 10.2. The fourth-order valence-corrected chi connectivity index (χ4v) is 3.37. The molecule has 0 bridgehead atoms. The van der Waals surface area contributed by atoms with Crippen molar-refractivity contribution in [2.75, 3.05) is 13.1 Å². The summed E-state index contributed by atoms with van der Waals surface area (Å²) < 4.78 is 5.19. The topological polar surface area (TPSA) is 33.5 Å². The Morgan fingerprint density at radius 3 is 2.76 bits per heavy atom. The third-order valence-electron chi connectivity index (χ3n) is 4.37. The fraction of sp³-hybridized carbons (Fsp3) is 0.643. The number of nitrogens with zero attached hydrogens (tertiary/aromatic N) is 1. The van der Waals surface area contributed by atoms with E-state index in [1.54, 1.807) is 18.4 Å². The molecular weight excluding hydrogens is 214 g/mol. The Balaban J connectivity index is 1.69. The van der Waals surface area contributed by atoms with Crippen LogP contribution in [0.5, 0.6) is 0 Å². The van der Waals surface area contributed by atoms with Gasteiger partial charge in [-0.25, -0.2) is 0 Å². The number of rotatable bonds is 1. The molecule has 17 heavy (non-hydrogen) atoms. The zero-order valence-corrected chi connectivity index (χ0v) is 10.2. The molecular formula is C14H19NO2. The summed E-state index contributed by atoms with van der Waals surface area (Å²) >= 11 is 0. The highest BCUT2D eigenvalue weighted by Gasteiger charge is 2.40. The van der Waals surface area contributed by atoms with E-state index in [9.17, 15) is 4.79 Å². The lowest BCUT2D eigenvalue weighted by Gasteiger charge is -2.33. The van der Waals surface area contributed by atoms with Gasteiger partial charge in [0.25, 0.3) is 5.91 Å². The van der Waals surface area contributed by atoms with Crippen LogP contribution in [-0.2, 0) is 0 Å². The van der Waals surface area contributed by atoms with Crippen LogP contribution in [0.4, 0.5) is 0 Å². The second-order valence-corrected chi connectivity index (χ2v) is 5.51. The lowest BCUT2D eigenvalue weighted by atomic mass is 9.73. The number of hydrogen-bond donors (Lipinski definition) is 0. The molecule has 1 spiro atoms. The van der Waals surface area contributed by atoms with Gasteiger partial charge < -0.3 is 9.32 Å². The Kier molecular flexibility index (Phi) is 2.69. The van der Waals surface area contributed by atoms with Crippen molar-refractivity contribution in [3.05, 3.63) is 24.2 Å². The van der Waals surface area contributed by atoms with Crippen LogP contribution in [0.2, 0.25) is 0 Å². The maximum absolute atomic E-state index is 12.2. The smallest absolute Gasteiger partial charge is 0.289 e. The van der Waals surface area contributed by atoms with E-state index in [2.05, 4.69) is 0 Å². The van der Waals surface area contributed by atoms with Crippen molar-refractivity contribution in [3.8, 4) is 0 Å². The largest absolute Gasteiger partial charge is 0.459 e. The third-order valence-corrected chi connectivity index (χ3v) is 4.37. The molecule has 0 unspecified atom stereocenters. The van der Waals surface area contributed by atoms with Crippen LogP contribution in [0.1, 0.15) is 49.1 Å². The number of carbonyl (C=O) groups is 1. The van der Waals surface area contributed by atoms with Crippen molar-refractivity contribution in [2.45, 2.75) is 38.5 Å². The first-order chi connectivity index (χ1) is 8.29. The van der Waals surface area contributed by atoms with Crippen molar-refractivity contribution in [1.82, 2.24) is 4.90 Å². The number of hydrogen-bond acceptors (Lipinski definition) is 2. The van der Waals surface area contributed by atoms with Crippen LogP contribution in [0.15, 0.2) is 22.8 Å². The fourth-order valence-electron chi connectivity index (χ4n) is 3.37. The second kappa shape index (κ2) is 4.21. The Morgan fingerprint density at radius 1 is 1.24 bits per heavy atom. The quantitative estimate of drug-likeness (QED) is 0.747. The molecule has 0 atom stereocenters. The van der Waals surface area contributed by atoms with Crippen LogP contribution in [0.3, 0.4) is 0 Å². The predicted molar refractivity (Wildman–Crippen MR) is 64.7 cm³/mol. The molecule has 3 nitrogen and oxygen atoms in total. The normalized spacial score (nSPS) is 23.2. The molecule has 1 amide bonds.